The number of carboxylic acid groups (broad SMARTS) is 1. The summed E-state index contributed by atoms with van der Waals surface area (Å²) in [5.41, 5.74) is 0.0677. The van der Waals surface area contributed by atoms with Crippen molar-refractivity contribution in [2.24, 2.45) is 40.4 Å². The summed E-state index contributed by atoms with van der Waals surface area (Å²) in [7, 11) is 2.07. The normalized spacial score (nSPS) is 44.3. The fourth-order valence-corrected chi connectivity index (χ4v) is 9.03. The number of amides is 1. The standard InChI is InChI=1S/C26H42N2O4/c1-25-11-4-3-5-18(25)6-7-19-20(25)10-12-26(21(19)8-9-22(26)23(29)30)17-32-24(31)28-15-13-27(2)14-16-28/h18-22H,3-17H2,1-2H3,(H,29,30)/t18?,19-,20+,21+,22?,25+,26-/m1/s1. The van der Waals surface area contributed by atoms with Crippen LogP contribution in [0.15, 0.2) is 0 Å². The van der Waals surface area contributed by atoms with Gasteiger partial charge in [-0.05, 0) is 87.5 Å². The molecule has 0 radical (unpaired) electrons. The van der Waals surface area contributed by atoms with Gasteiger partial charge in [0.2, 0.25) is 0 Å². The third kappa shape index (κ3) is 3.56. The van der Waals surface area contributed by atoms with Crippen molar-refractivity contribution in [1.29, 1.82) is 0 Å². The van der Waals surface area contributed by atoms with E-state index in [0.717, 1.165) is 50.6 Å². The number of ether oxygens (including phenoxy) is 1. The van der Waals surface area contributed by atoms with Crippen LogP contribution in [0.5, 0.6) is 0 Å². The summed E-state index contributed by atoms with van der Waals surface area (Å²) in [6, 6.07) is 0. The summed E-state index contributed by atoms with van der Waals surface area (Å²) in [6.07, 6.45) is 11.5. The van der Waals surface area contributed by atoms with Crippen molar-refractivity contribution in [3.05, 3.63) is 0 Å². The minimum absolute atomic E-state index is 0.243. The molecule has 5 rings (SSSR count). The van der Waals surface area contributed by atoms with Crippen molar-refractivity contribution in [2.45, 2.75) is 71.1 Å². The smallest absolute Gasteiger partial charge is 0.409 e. The summed E-state index contributed by atoms with van der Waals surface area (Å²) in [5, 5.41) is 10.1. The molecule has 1 heterocycles. The van der Waals surface area contributed by atoms with Gasteiger partial charge in [-0.25, -0.2) is 4.79 Å². The average molecular weight is 447 g/mol. The molecule has 7 atom stereocenters. The van der Waals surface area contributed by atoms with Gasteiger partial charge in [-0.1, -0.05) is 19.8 Å². The van der Waals surface area contributed by atoms with Gasteiger partial charge in [-0.15, -0.1) is 0 Å². The van der Waals surface area contributed by atoms with E-state index < -0.39 is 5.97 Å². The Morgan fingerprint density at radius 1 is 0.938 bits per heavy atom. The Bertz CT molecular complexity index is 735. The SMILES string of the molecule is CN1CCN(C(=O)OC[C@]23CC[C@H]4[C@@H](CCC5CCCC[C@@]54C)[C@@H]2CCC3C(=O)O)CC1. The van der Waals surface area contributed by atoms with Gasteiger partial charge < -0.3 is 19.6 Å². The van der Waals surface area contributed by atoms with Gasteiger partial charge in [-0.3, -0.25) is 4.79 Å². The first-order valence-electron chi connectivity index (χ1n) is 13.2. The predicted octanol–water partition coefficient (Wildman–Crippen LogP) is 4.48. The van der Waals surface area contributed by atoms with Crippen LogP contribution in [0.25, 0.3) is 0 Å². The van der Waals surface area contributed by atoms with Crippen molar-refractivity contribution in [2.75, 3.05) is 39.8 Å². The number of carbonyl (C=O) groups excluding carboxylic acids is 1. The third-order valence-electron chi connectivity index (χ3n) is 10.8. The number of aliphatic carboxylic acids is 1. The van der Waals surface area contributed by atoms with E-state index in [4.69, 9.17) is 4.74 Å². The zero-order chi connectivity index (χ0) is 22.5. The minimum atomic E-state index is -0.681. The fraction of sp³-hybridized carbons (Fsp3) is 0.923. The minimum Gasteiger partial charge on any atom is -0.481 e. The highest BCUT2D eigenvalue weighted by Crippen LogP contribution is 2.67. The first kappa shape index (κ1) is 22.5. The maximum absolute atomic E-state index is 12.9. The van der Waals surface area contributed by atoms with E-state index in [9.17, 15) is 14.7 Å². The number of rotatable bonds is 3. The quantitative estimate of drug-likeness (QED) is 0.692. The second kappa shape index (κ2) is 8.48. The monoisotopic (exact) mass is 446 g/mol. The molecular weight excluding hydrogens is 404 g/mol. The maximum Gasteiger partial charge on any atom is 0.409 e. The first-order valence-corrected chi connectivity index (χ1v) is 13.2. The molecule has 4 aliphatic carbocycles. The van der Waals surface area contributed by atoms with Crippen molar-refractivity contribution < 1.29 is 19.4 Å². The summed E-state index contributed by atoms with van der Waals surface area (Å²) < 4.78 is 5.96. The lowest BCUT2D eigenvalue weighted by Gasteiger charge is -2.60. The molecule has 0 aromatic rings. The Balaban J connectivity index is 1.35. The molecular formula is C26H42N2O4. The van der Waals surface area contributed by atoms with Crippen LogP contribution < -0.4 is 0 Å². The summed E-state index contributed by atoms with van der Waals surface area (Å²) in [5.74, 6) is 1.53. The van der Waals surface area contributed by atoms with Crippen LogP contribution in [-0.4, -0.2) is 66.8 Å². The Kier molecular flexibility index (Phi) is 5.96. The van der Waals surface area contributed by atoms with Crippen LogP contribution in [0.3, 0.4) is 0 Å². The van der Waals surface area contributed by atoms with Crippen molar-refractivity contribution in [3.8, 4) is 0 Å². The number of hydrogen-bond acceptors (Lipinski definition) is 4. The molecule has 180 valence electrons. The van der Waals surface area contributed by atoms with E-state index in [1.165, 1.54) is 38.5 Å². The first-order chi connectivity index (χ1) is 15.3. The van der Waals surface area contributed by atoms with E-state index >= 15 is 0 Å². The second-order valence-corrected chi connectivity index (χ2v) is 12.0. The Labute approximate surface area is 193 Å². The van der Waals surface area contributed by atoms with Crippen LogP contribution in [0.4, 0.5) is 4.79 Å². The van der Waals surface area contributed by atoms with Gasteiger partial charge in [0.05, 0.1) is 12.5 Å². The van der Waals surface area contributed by atoms with Crippen molar-refractivity contribution in [3.63, 3.8) is 0 Å². The number of carbonyl (C=O) groups is 2. The number of nitrogens with zero attached hydrogens (tertiary/aromatic N) is 2. The lowest BCUT2D eigenvalue weighted by Crippen LogP contribution is -2.55. The lowest BCUT2D eigenvalue weighted by atomic mass is 9.44. The van der Waals surface area contributed by atoms with Gasteiger partial charge in [0.1, 0.15) is 0 Å². The highest BCUT2D eigenvalue weighted by atomic mass is 16.6. The zero-order valence-corrected chi connectivity index (χ0v) is 20.1. The Hall–Kier alpha value is -1.30. The third-order valence-corrected chi connectivity index (χ3v) is 10.8. The molecule has 2 unspecified atom stereocenters. The number of likely N-dealkylation sites (N-methyl/N-ethyl adjacent to an activating group) is 1. The van der Waals surface area contributed by atoms with Crippen LogP contribution in [-0.2, 0) is 9.53 Å². The van der Waals surface area contributed by atoms with Gasteiger partial charge in [0, 0.05) is 31.6 Å². The summed E-state index contributed by atoms with van der Waals surface area (Å²) in [6.45, 7) is 5.96. The summed E-state index contributed by atoms with van der Waals surface area (Å²) >= 11 is 0. The fourth-order valence-electron chi connectivity index (χ4n) is 9.03. The van der Waals surface area contributed by atoms with E-state index in [0.29, 0.717) is 36.9 Å². The molecule has 6 nitrogen and oxygen atoms in total. The van der Waals surface area contributed by atoms with Crippen molar-refractivity contribution >= 4 is 12.1 Å². The number of carboxylic acids is 1. The lowest BCUT2D eigenvalue weighted by molar-refractivity contribution is -0.159. The molecule has 1 aliphatic heterocycles. The average Bonchev–Trinajstić information content (AvgIpc) is 3.18. The van der Waals surface area contributed by atoms with E-state index in [-0.39, 0.29) is 17.4 Å². The molecule has 0 aromatic heterocycles. The Morgan fingerprint density at radius 3 is 2.47 bits per heavy atom. The molecule has 0 spiro atoms. The molecule has 4 saturated carbocycles. The molecule has 0 aromatic carbocycles. The largest absolute Gasteiger partial charge is 0.481 e. The van der Waals surface area contributed by atoms with E-state index in [2.05, 4.69) is 18.9 Å². The van der Waals surface area contributed by atoms with Gasteiger partial charge in [0.15, 0.2) is 0 Å². The molecule has 5 fully saturated rings. The molecule has 6 heteroatoms. The molecule has 32 heavy (non-hydrogen) atoms. The number of fused-ring (bicyclic) bond motifs is 5. The second-order valence-electron chi connectivity index (χ2n) is 12.0. The number of hydrogen-bond donors (Lipinski definition) is 1. The molecule has 0 bridgehead atoms. The topological polar surface area (TPSA) is 70.1 Å². The van der Waals surface area contributed by atoms with Crippen LogP contribution >= 0.6 is 0 Å². The zero-order valence-electron chi connectivity index (χ0n) is 20.1. The van der Waals surface area contributed by atoms with E-state index in [1.54, 1.807) is 4.90 Å². The highest BCUT2D eigenvalue weighted by molar-refractivity contribution is 5.72. The highest BCUT2D eigenvalue weighted by Gasteiger charge is 2.63. The molecule has 1 N–H and O–H groups in total. The Morgan fingerprint density at radius 2 is 1.72 bits per heavy atom. The molecule has 5 aliphatic rings. The summed E-state index contributed by atoms with van der Waals surface area (Å²) in [4.78, 5) is 29.2. The van der Waals surface area contributed by atoms with E-state index in [1.807, 2.05) is 0 Å². The van der Waals surface area contributed by atoms with Crippen LogP contribution in [0.1, 0.15) is 71.1 Å². The molecule has 1 saturated heterocycles. The number of piperazine rings is 1. The van der Waals surface area contributed by atoms with Crippen LogP contribution in [0.2, 0.25) is 0 Å². The van der Waals surface area contributed by atoms with Gasteiger partial charge in [0.25, 0.3) is 0 Å². The van der Waals surface area contributed by atoms with Crippen molar-refractivity contribution in [1.82, 2.24) is 9.80 Å². The van der Waals surface area contributed by atoms with Gasteiger partial charge >= 0.3 is 12.1 Å². The van der Waals surface area contributed by atoms with Crippen LogP contribution in [0, 0.1) is 40.4 Å². The van der Waals surface area contributed by atoms with Gasteiger partial charge in [-0.2, -0.15) is 0 Å². The predicted molar refractivity (Wildman–Crippen MR) is 122 cm³/mol. The molecule has 1 amide bonds. The maximum atomic E-state index is 12.9.